The molecule has 1 atom stereocenters. The van der Waals surface area contributed by atoms with Gasteiger partial charge in [0, 0.05) is 13.3 Å². The van der Waals surface area contributed by atoms with Gasteiger partial charge in [0.05, 0.1) is 10.5 Å². The molecule has 3 nitrogen and oxygen atoms in total. The Morgan fingerprint density at radius 3 is 2.36 bits per heavy atom. The van der Waals surface area contributed by atoms with E-state index in [9.17, 15) is 9.59 Å². The molecule has 0 radical (unpaired) electrons. The van der Waals surface area contributed by atoms with Gasteiger partial charge in [0.2, 0.25) is 0 Å². The molecular formula is C7H11IO3. The van der Waals surface area contributed by atoms with Crippen molar-refractivity contribution in [2.75, 3.05) is 6.61 Å². The van der Waals surface area contributed by atoms with E-state index in [1.165, 1.54) is 13.8 Å². The zero-order valence-electron chi connectivity index (χ0n) is 6.59. The maximum Gasteiger partial charge on any atom is 0.302 e. The van der Waals surface area contributed by atoms with Crippen molar-refractivity contribution in [2.45, 2.75) is 24.2 Å². The van der Waals surface area contributed by atoms with Gasteiger partial charge in [-0.05, 0) is 6.92 Å². The molecule has 64 valence electrons. The van der Waals surface area contributed by atoms with Crippen LogP contribution >= 0.6 is 22.6 Å². The molecular weight excluding hydrogens is 259 g/mol. The van der Waals surface area contributed by atoms with Crippen LogP contribution in [0.3, 0.4) is 0 Å². The highest BCUT2D eigenvalue weighted by molar-refractivity contribution is 14.1. The SMILES string of the molecule is CC(=O)OCCC(I)C(C)=O. The smallest absolute Gasteiger partial charge is 0.302 e. The highest BCUT2D eigenvalue weighted by atomic mass is 127. The van der Waals surface area contributed by atoms with Gasteiger partial charge in [0.25, 0.3) is 0 Å². The first-order chi connectivity index (χ1) is 5.04. The van der Waals surface area contributed by atoms with Gasteiger partial charge in [-0.1, -0.05) is 22.6 Å². The fourth-order valence-electron chi connectivity index (χ4n) is 0.509. The third-order valence-electron chi connectivity index (χ3n) is 1.12. The van der Waals surface area contributed by atoms with Crippen molar-refractivity contribution in [1.82, 2.24) is 0 Å². The summed E-state index contributed by atoms with van der Waals surface area (Å²) in [5.41, 5.74) is 0. The first-order valence-electron chi connectivity index (χ1n) is 3.32. The van der Waals surface area contributed by atoms with E-state index in [-0.39, 0.29) is 15.7 Å². The van der Waals surface area contributed by atoms with Gasteiger partial charge in [-0.15, -0.1) is 0 Å². The summed E-state index contributed by atoms with van der Waals surface area (Å²) in [4.78, 5) is 21.0. The summed E-state index contributed by atoms with van der Waals surface area (Å²) in [7, 11) is 0. The first-order valence-corrected chi connectivity index (χ1v) is 4.56. The van der Waals surface area contributed by atoms with Gasteiger partial charge in [-0.2, -0.15) is 0 Å². The van der Waals surface area contributed by atoms with Gasteiger partial charge in [0.15, 0.2) is 0 Å². The highest BCUT2D eigenvalue weighted by Crippen LogP contribution is 2.06. The van der Waals surface area contributed by atoms with Crippen LogP contribution in [-0.2, 0) is 14.3 Å². The Hall–Kier alpha value is -0.130. The van der Waals surface area contributed by atoms with Crippen molar-refractivity contribution in [2.24, 2.45) is 0 Å². The van der Waals surface area contributed by atoms with Crippen LogP contribution in [-0.4, -0.2) is 22.3 Å². The minimum atomic E-state index is -0.294. The van der Waals surface area contributed by atoms with E-state index in [0.717, 1.165) is 0 Å². The molecule has 0 aliphatic heterocycles. The second-order valence-electron chi connectivity index (χ2n) is 2.21. The number of ether oxygens (including phenoxy) is 1. The molecule has 4 heteroatoms. The van der Waals surface area contributed by atoms with Crippen LogP contribution in [0.25, 0.3) is 0 Å². The van der Waals surface area contributed by atoms with E-state index in [0.29, 0.717) is 13.0 Å². The maximum absolute atomic E-state index is 10.7. The lowest BCUT2D eigenvalue weighted by molar-refractivity contribution is -0.141. The van der Waals surface area contributed by atoms with Gasteiger partial charge >= 0.3 is 5.97 Å². The third-order valence-corrected chi connectivity index (χ3v) is 2.62. The Labute approximate surface area is 79.6 Å². The molecule has 0 amide bonds. The molecule has 1 unspecified atom stereocenters. The van der Waals surface area contributed by atoms with Crippen molar-refractivity contribution in [3.05, 3.63) is 0 Å². The molecule has 0 spiro atoms. The maximum atomic E-state index is 10.7. The minimum absolute atomic E-state index is 0.0352. The topological polar surface area (TPSA) is 43.4 Å². The third kappa shape index (κ3) is 6.28. The molecule has 0 aliphatic carbocycles. The van der Waals surface area contributed by atoms with E-state index in [4.69, 9.17) is 0 Å². The van der Waals surface area contributed by atoms with Crippen molar-refractivity contribution < 1.29 is 14.3 Å². The fourth-order valence-corrected chi connectivity index (χ4v) is 0.764. The van der Waals surface area contributed by atoms with E-state index < -0.39 is 0 Å². The Morgan fingerprint density at radius 1 is 1.45 bits per heavy atom. The van der Waals surface area contributed by atoms with Gasteiger partial charge in [-0.3, -0.25) is 9.59 Å². The zero-order valence-corrected chi connectivity index (χ0v) is 8.75. The molecule has 11 heavy (non-hydrogen) atoms. The number of halogens is 1. The number of carbonyl (C=O) groups is 2. The zero-order chi connectivity index (χ0) is 8.85. The number of hydrogen-bond donors (Lipinski definition) is 0. The molecule has 0 aromatic rings. The second kappa shape index (κ2) is 5.51. The molecule has 0 aromatic carbocycles. The summed E-state index contributed by atoms with van der Waals surface area (Å²) < 4.78 is 4.63. The Kier molecular flexibility index (Phi) is 5.45. The summed E-state index contributed by atoms with van der Waals surface area (Å²) in [6, 6.07) is 0. The van der Waals surface area contributed by atoms with Crippen LogP contribution in [0.15, 0.2) is 0 Å². The first kappa shape index (κ1) is 10.9. The molecule has 0 rings (SSSR count). The summed E-state index contributed by atoms with van der Waals surface area (Å²) in [6.07, 6.45) is 0.607. The average molecular weight is 270 g/mol. The lowest BCUT2D eigenvalue weighted by atomic mass is 10.2. The Morgan fingerprint density at radius 2 is 2.00 bits per heavy atom. The molecule has 0 N–H and O–H groups in total. The monoisotopic (exact) mass is 270 g/mol. The van der Waals surface area contributed by atoms with Gasteiger partial charge < -0.3 is 4.74 Å². The van der Waals surface area contributed by atoms with Crippen LogP contribution < -0.4 is 0 Å². The van der Waals surface area contributed by atoms with Crippen LogP contribution in [0.5, 0.6) is 0 Å². The Balaban J connectivity index is 3.39. The highest BCUT2D eigenvalue weighted by Gasteiger charge is 2.08. The molecule has 0 fully saturated rings. The standard InChI is InChI=1S/C7H11IO3/c1-5(9)7(8)3-4-11-6(2)10/h7H,3-4H2,1-2H3. The second-order valence-corrected chi connectivity index (χ2v) is 3.71. The van der Waals surface area contributed by atoms with Crippen molar-refractivity contribution in [3.63, 3.8) is 0 Å². The largest absolute Gasteiger partial charge is 0.466 e. The number of hydrogen-bond acceptors (Lipinski definition) is 3. The Bertz CT molecular complexity index is 156. The van der Waals surface area contributed by atoms with Gasteiger partial charge in [-0.25, -0.2) is 0 Å². The van der Waals surface area contributed by atoms with E-state index >= 15 is 0 Å². The molecule has 0 aromatic heterocycles. The lowest BCUT2D eigenvalue weighted by Crippen LogP contribution is -2.13. The molecule has 0 bridgehead atoms. The van der Waals surface area contributed by atoms with Crippen LogP contribution in [0.2, 0.25) is 0 Å². The quantitative estimate of drug-likeness (QED) is 0.440. The lowest BCUT2D eigenvalue weighted by Gasteiger charge is -2.04. The van der Waals surface area contributed by atoms with Crippen LogP contribution in [0, 0.1) is 0 Å². The molecule has 0 saturated carbocycles. The number of esters is 1. The van der Waals surface area contributed by atoms with E-state index in [1.807, 2.05) is 22.6 Å². The number of rotatable bonds is 4. The summed E-state index contributed by atoms with van der Waals surface area (Å²) in [5.74, 6) is -0.171. The summed E-state index contributed by atoms with van der Waals surface area (Å²) in [5, 5.41) is 0. The predicted molar refractivity (Wildman–Crippen MR) is 49.7 cm³/mol. The van der Waals surface area contributed by atoms with Crippen molar-refractivity contribution >= 4 is 34.3 Å². The van der Waals surface area contributed by atoms with E-state index in [2.05, 4.69) is 4.74 Å². The normalized spacial score (nSPS) is 12.3. The summed E-state index contributed by atoms with van der Waals surface area (Å²) in [6.45, 7) is 3.23. The average Bonchev–Trinajstić information content (AvgIpc) is 1.86. The predicted octanol–water partition coefficient (Wildman–Crippen LogP) is 1.33. The van der Waals surface area contributed by atoms with Crippen LogP contribution in [0.4, 0.5) is 0 Å². The van der Waals surface area contributed by atoms with E-state index in [1.54, 1.807) is 0 Å². The van der Waals surface area contributed by atoms with Crippen molar-refractivity contribution in [1.29, 1.82) is 0 Å². The molecule has 0 saturated heterocycles. The number of alkyl halides is 1. The van der Waals surface area contributed by atoms with Crippen molar-refractivity contribution in [3.8, 4) is 0 Å². The fraction of sp³-hybridized carbons (Fsp3) is 0.714. The molecule has 0 aliphatic rings. The number of Topliss-reactive ketones (excluding diaryl/α,β-unsaturated/α-hetero) is 1. The van der Waals surface area contributed by atoms with Gasteiger partial charge in [0.1, 0.15) is 5.78 Å². The molecule has 0 heterocycles. The minimum Gasteiger partial charge on any atom is -0.466 e. The number of ketones is 1. The number of carbonyl (C=O) groups excluding carboxylic acids is 2. The summed E-state index contributed by atoms with van der Waals surface area (Å²) >= 11 is 2.04. The van der Waals surface area contributed by atoms with Crippen LogP contribution in [0.1, 0.15) is 20.3 Å².